The average Bonchev–Trinajstić information content (AvgIpc) is 3.20. The first-order valence-electron chi connectivity index (χ1n) is 9.50. The van der Waals surface area contributed by atoms with Gasteiger partial charge in [0, 0.05) is 31.5 Å². The van der Waals surface area contributed by atoms with Crippen LogP contribution in [0.1, 0.15) is 23.4 Å². The van der Waals surface area contributed by atoms with Crippen LogP contribution in [0.2, 0.25) is 0 Å². The van der Waals surface area contributed by atoms with Crippen LogP contribution in [-0.2, 0) is 24.3 Å². The number of hydrogen-bond donors (Lipinski definition) is 1. The van der Waals surface area contributed by atoms with Crippen molar-refractivity contribution in [2.45, 2.75) is 25.9 Å². The minimum Gasteiger partial charge on any atom is -0.497 e. The van der Waals surface area contributed by atoms with Gasteiger partial charge in [-0.3, -0.25) is 4.79 Å². The Labute approximate surface area is 170 Å². The number of carbonyl (C=O) groups is 1. The highest BCUT2D eigenvalue weighted by molar-refractivity contribution is 5.76. The number of nitrogens with one attached hydrogen (secondary N) is 1. The van der Waals surface area contributed by atoms with Gasteiger partial charge < -0.3 is 19.5 Å². The molecule has 0 aliphatic heterocycles. The molecule has 3 aromatic rings. The molecular weight excluding hydrogens is 368 g/mol. The van der Waals surface area contributed by atoms with Gasteiger partial charge in [-0.05, 0) is 49.5 Å². The van der Waals surface area contributed by atoms with Gasteiger partial charge in [0.25, 0.3) is 0 Å². The molecule has 0 saturated carbocycles. The van der Waals surface area contributed by atoms with Crippen molar-refractivity contribution in [1.82, 2.24) is 20.4 Å². The zero-order valence-electron chi connectivity index (χ0n) is 17.0. The molecule has 0 bridgehead atoms. The Morgan fingerprint density at radius 1 is 1.10 bits per heavy atom. The SMILES string of the molecule is COc1ccc(-c2noc(CCC(=O)NCc3ccccc3CN(C)C)n2)cc1. The van der Waals surface area contributed by atoms with Crippen LogP contribution in [0, 0.1) is 0 Å². The van der Waals surface area contributed by atoms with E-state index in [9.17, 15) is 4.79 Å². The molecule has 1 aromatic heterocycles. The van der Waals surface area contributed by atoms with Crippen molar-refractivity contribution in [3.8, 4) is 17.1 Å². The number of hydrogen-bond acceptors (Lipinski definition) is 6. The molecule has 0 aliphatic rings. The summed E-state index contributed by atoms with van der Waals surface area (Å²) in [6.45, 7) is 1.34. The third-order valence-corrected chi connectivity index (χ3v) is 4.46. The van der Waals surface area contributed by atoms with Crippen molar-refractivity contribution in [2.24, 2.45) is 0 Å². The Morgan fingerprint density at radius 2 is 1.83 bits per heavy atom. The minimum atomic E-state index is -0.0474. The summed E-state index contributed by atoms with van der Waals surface area (Å²) in [4.78, 5) is 18.7. The molecule has 0 unspecified atom stereocenters. The normalized spacial score (nSPS) is 10.9. The highest BCUT2D eigenvalue weighted by atomic mass is 16.5. The minimum absolute atomic E-state index is 0.0474. The van der Waals surface area contributed by atoms with Gasteiger partial charge in [-0.2, -0.15) is 4.98 Å². The Bertz CT molecular complexity index is 935. The lowest BCUT2D eigenvalue weighted by Crippen LogP contribution is -2.24. The zero-order chi connectivity index (χ0) is 20.6. The molecular formula is C22H26N4O3. The molecule has 1 heterocycles. The first-order valence-corrected chi connectivity index (χ1v) is 9.50. The number of nitrogens with zero attached hydrogens (tertiary/aromatic N) is 3. The maximum absolute atomic E-state index is 12.2. The molecule has 0 fully saturated rings. The van der Waals surface area contributed by atoms with E-state index in [2.05, 4.69) is 26.4 Å². The van der Waals surface area contributed by atoms with Crippen molar-refractivity contribution in [3.05, 3.63) is 65.5 Å². The predicted octanol–water partition coefficient (Wildman–Crippen LogP) is 3.06. The van der Waals surface area contributed by atoms with Gasteiger partial charge in [0.05, 0.1) is 7.11 Å². The molecule has 7 nitrogen and oxygen atoms in total. The summed E-state index contributed by atoms with van der Waals surface area (Å²) >= 11 is 0. The molecule has 152 valence electrons. The number of aromatic nitrogens is 2. The van der Waals surface area contributed by atoms with E-state index in [-0.39, 0.29) is 5.91 Å². The summed E-state index contributed by atoms with van der Waals surface area (Å²) in [5.74, 6) is 1.66. The molecule has 2 aromatic carbocycles. The summed E-state index contributed by atoms with van der Waals surface area (Å²) in [5.41, 5.74) is 3.16. The highest BCUT2D eigenvalue weighted by Crippen LogP contribution is 2.20. The van der Waals surface area contributed by atoms with Gasteiger partial charge in [-0.15, -0.1) is 0 Å². The Hall–Kier alpha value is -3.19. The van der Waals surface area contributed by atoms with Gasteiger partial charge in [0.15, 0.2) is 0 Å². The van der Waals surface area contributed by atoms with E-state index in [0.717, 1.165) is 23.4 Å². The molecule has 7 heteroatoms. The van der Waals surface area contributed by atoms with E-state index in [1.54, 1.807) is 7.11 Å². The zero-order valence-corrected chi connectivity index (χ0v) is 17.0. The molecule has 1 amide bonds. The van der Waals surface area contributed by atoms with Crippen LogP contribution in [0.4, 0.5) is 0 Å². The van der Waals surface area contributed by atoms with Crippen molar-refractivity contribution in [1.29, 1.82) is 0 Å². The average molecular weight is 394 g/mol. The number of benzene rings is 2. The van der Waals surface area contributed by atoms with Gasteiger partial charge in [0.1, 0.15) is 5.75 Å². The largest absolute Gasteiger partial charge is 0.497 e. The Morgan fingerprint density at radius 3 is 2.52 bits per heavy atom. The second-order valence-corrected chi connectivity index (χ2v) is 7.02. The Kier molecular flexibility index (Phi) is 6.97. The van der Waals surface area contributed by atoms with Crippen molar-refractivity contribution < 1.29 is 14.1 Å². The van der Waals surface area contributed by atoms with Crippen LogP contribution in [0.3, 0.4) is 0 Å². The molecule has 1 N–H and O–H groups in total. The first kappa shape index (κ1) is 20.5. The molecule has 0 atom stereocenters. The lowest BCUT2D eigenvalue weighted by atomic mass is 10.1. The fourth-order valence-electron chi connectivity index (χ4n) is 2.94. The van der Waals surface area contributed by atoms with Crippen molar-refractivity contribution in [2.75, 3.05) is 21.2 Å². The lowest BCUT2D eigenvalue weighted by Gasteiger charge is -2.14. The second-order valence-electron chi connectivity index (χ2n) is 7.02. The molecule has 29 heavy (non-hydrogen) atoms. The number of rotatable bonds is 9. The van der Waals surface area contributed by atoms with Crippen LogP contribution in [0.25, 0.3) is 11.4 Å². The summed E-state index contributed by atoms with van der Waals surface area (Å²) < 4.78 is 10.4. The lowest BCUT2D eigenvalue weighted by molar-refractivity contribution is -0.121. The van der Waals surface area contributed by atoms with Crippen LogP contribution in [-0.4, -0.2) is 42.2 Å². The standard InChI is InChI=1S/C22H26N4O3/c1-26(2)15-18-7-5-4-6-17(18)14-23-20(27)12-13-21-24-22(25-29-21)16-8-10-19(28-3)11-9-16/h4-11H,12-15H2,1-3H3,(H,23,27). The molecule has 0 aliphatic carbocycles. The molecule has 0 spiro atoms. The Balaban J connectivity index is 1.51. The number of methoxy groups -OCH3 is 1. The smallest absolute Gasteiger partial charge is 0.227 e. The van der Waals surface area contributed by atoms with E-state index >= 15 is 0 Å². The quantitative estimate of drug-likeness (QED) is 0.601. The van der Waals surface area contributed by atoms with Crippen LogP contribution in [0.5, 0.6) is 5.75 Å². The van der Waals surface area contributed by atoms with Crippen molar-refractivity contribution >= 4 is 5.91 Å². The summed E-state index contributed by atoms with van der Waals surface area (Å²) in [6, 6.07) is 15.5. The topological polar surface area (TPSA) is 80.5 Å². The molecule has 3 rings (SSSR count). The first-order chi connectivity index (χ1) is 14.0. The van der Waals surface area contributed by atoms with E-state index in [1.807, 2.05) is 56.6 Å². The summed E-state index contributed by atoms with van der Waals surface area (Å²) in [5, 5.41) is 6.96. The van der Waals surface area contributed by atoms with Crippen LogP contribution in [0.15, 0.2) is 53.1 Å². The highest BCUT2D eigenvalue weighted by Gasteiger charge is 2.11. The van der Waals surface area contributed by atoms with Crippen LogP contribution < -0.4 is 10.1 Å². The van der Waals surface area contributed by atoms with Crippen LogP contribution >= 0.6 is 0 Å². The van der Waals surface area contributed by atoms with Gasteiger partial charge in [-0.1, -0.05) is 29.4 Å². The number of amides is 1. The van der Waals surface area contributed by atoms with Crippen molar-refractivity contribution in [3.63, 3.8) is 0 Å². The third-order valence-electron chi connectivity index (χ3n) is 4.46. The van der Waals surface area contributed by atoms with E-state index in [1.165, 1.54) is 5.56 Å². The molecule has 0 radical (unpaired) electrons. The predicted molar refractivity (Wildman–Crippen MR) is 110 cm³/mol. The summed E-state index contributed by atoms with van der Waals surface area (Å²) in [6.07, 6.45) is 0.689. The van der Waals surface area contributed by atoms with E-state index in [4.69, 9.17) is 9.26 Å². The fraction of sp³-hybridized carbons (Fsp3) is 0.318. The number of carbonyl (C=O) groups excluding carboxylic acids is 1. The second kappa shape index (κ2) is 9.84. The van der Waals surface area contributed by atoms with Gasteiger partial charge >= 0.3 is 0 Å². The summed E-state index contributed by atoms with van der Waals surface area (Å²) in [7, 11) is 5.67. The van der Waals surface area contributed by atoms with Gasteiger partial charge in [0.2, 0.25) is 17.6 Å². The molecule has 0 saturated heterocycles. The van der Waals surface area contributed by atoms with E-state index < -0.39 is 0 Å². The van der Waals surface area contributed by atoms with E-state index in [0.29, 0.717) is 31.1 Å². The van der Waals surface area contributed by atoms with Gasteiger partial charge in [-0.25, -0.2) is 0 Å². The number of ether oxygens (including phenoxy) is 1. The fourth-order valence-corrected chi connectivity index (χ4v) is 2.94. The third kappa shape index (κ3) is 5.89. The number of aryl methyl sites for hydroxylation is 1. The monoisotopic (exact) mass is 394 g/mol. The maximum atomic E-state index is 12.2. The maximum Gasteiger partial charge on any atom is 0.227 e.